The summed E-state index contributed by atoms with van der Waals surface area (Å²) in [5.41, 5.74) is 0.914. The highest BCUT2D eigenvalue weighted by Gasteiger charge is 2.22. The van der Waals surface area contributed by atoms with E-state index in [0.717, 1.165) is 23.8 Å². The molecule has 0 bridgehead atoms. The fourth-order valence-electron chi connectivity index (χ4n) is 2.79. The molecule has 0 aliphatic carbocycles. The normalized spacial score (nSPS) is 17.8. The number of ether oxygens (including phenoxy) is 2. The highest BCUT2D eigenvalue weighted by molar-refractivity contribution is 5.66. The van der Waals surface area contributed by atoms with Crippen LogP contribution in [0.3, 0.4) is 0 Å². The molecule has 26 heavy (non-hydrogen) atoms. The Bertz CT molecular complexity index is 767. The van der Waals surface area contributed by atoms with E-state index in [1.165, 1.54) is 0 Å². The minimum atomic E-state index is -0.820. The summed E-state index contributed by atoms with van der Waals surface area (Å²) in [5, 5.41) is 8.79. The number of rotatable bonds is 6. The van der Waals surface area contributed by atoms with Gasteiger partial charge in [-0.3, -0.25) is 9.69 Å². The molecule has 1 fully saturated rings. The van der Waals surface area contributed by atoms with Crippen LogP contribution in [0.25, 0.3) is 0 Å². The monoisotopic (exact) mass is 363 g/mol. The van der Waals surface area contributed by atoms with Crippen molar-refractivity contribution in [3.8, 4) is 11.5 Å². The highest BCUT2D eigenvalue weighted by Crippen LogP contribution is 2.28. The van der Waals surface area contributed by atoms with Crippen LogP contribution in [-0.2, 0) is 9.53 Å². The van der Waals surface area contributed by atoms with Crippen molar-refractivity contribution in [3.05, 3.63) is 59.7 Å². The van der Waals surface area contributed by atoms with Gasteiger partial charge in [0.1, 0.15) is 11.6 Å². The number of carbonyl (C=O) groups is 1. The van der Waals surface area contributed by atoms with Crippen molar-refractivity contribution >= 4 is 5.97 Å². The van der Waals surface area contributed by atoms with Crippen LogP contribution in [0.4, 0.5) is 8.78 Å². The first-order valence-corrected chi connectivity index (χ1v) is 8.30. The lowest BCUT2D eigenvalue weighted by molar-refractivity contribution is -0.137. The number of halogens is 2. The van der Waals surface area contributed by atoms with Crippen molar-refractivity contribution in [2.24, 2.45) is 0 Å². The van der Waals surface area contributed by atoms with Crippen LogP contribution >= 0.6 is 0 Å². The largest absolute Gasteiger partial charge is 0.481 e. The lowest BCUT2D eigenvalue weighted by atomic mass is 10.1. The van der Waals surface area contributed by atoms with Gasteiger partial charge < -0.3 is 14.6 Å². The van der Waals surface area contributed by atoms with E-state index in [1.54, 1.807) is 24.3 Å². The molecule has 0 aromatic heterocycles. The molecule has 2 aromatic rings. The van der Waals surface area contributed by atoms with Gasteiger partial charge in [-0.05, 0) is 29.8 Å². The molecule has 138 valence electrons. The highest BCUT2D eigenvalue weighted by atomic mass is 19.1. The Labute approximate surface area is 149 Å². The van der Waals surface area contributed by atoms with Gasteiger partial charge >= 0.3 is 5.97 Å². The van der Waals surface area contributed by atoms with Gasteiger partial charge in [0.25, 0.3) is 0 Å². The van der Waals surface area contributed by atoms with Gasteiger partial charge in [-0.1, -0.05) is 12.1 Å². The maximum absolute atomic E-state index is 13.6. The van der Waals surface area contributed by atoms with Crippen molar-refractivity contribution in [3.63, 3.8) is 0 Å². The summed E-state index contributed by atoms with van der Waals surface area (Å²) in [6, 6.07) is 9.98. The van der Waals surface area contributed by atoms with Crippen molar-refractivity contribution in [2.45, 2.75) is 12.5 Å². The summed E-state index contributed by atoms with van der Waals surface area (Å²) < 4.78 is 38.0. The molecule has 7 heteroatoms. The van der Waals surface area contributed by atoms with Crippen molar-refractivity contribution in [1.82, 2.24) is 4.90 Å². The van der Waals surface area contributed by atoms with E-state index in [-0.39, 0.29) is 18.3 Å². The van der Waals surface area contributed by atoms with E-state index in [2.05, 4.69) is 4.90 Å². The van der Waals surface area contributed by atoms with Crippen LogP contribution in [-0.4, -0.2) is 42.2 Å². The molecule has 0 saturated carbocycles. The zero-order chi connectivity index (χ0) is 18.5. The van der Waals surface area contributed by atoms with Gasteiger partial charge in [0.15, 0.2) is 11.6 Å². The molecule has 0 amide bonds. The summed E-state index contributed by atoms with van der Waals surface area (Å²) in [5.74, 6) is -1.82. The Balaban J connectivity index is 1.63. The fraction of sp³-hybridized carbons (Fsp3) is 0.316. The first-order chi connectivity index (χ1) is 12.5. The summed E-state index contributed by atoms with van der Waals surface area (Å²) in [6.45, 7) is 2.31. The van der Waals surface area contributed by atoms with Gasteiger partial charge in [0.2, 0.25) is 0 Å². The number of carboxylic acids is 1. The second kappa shape index (κ2) is 8.25. The van der Waals surface area contributed by atoms with E-state index in [0.29, 0.717) is 32.0 Å². The molecular formula is C19H19F2NO4. The average Bonchev–Trinajstić information content (AvgIpc) is 2.64. The Hall–Kier alpha value is -2.51. The predicted molar refractivity (Wildman–Crippen MR) is 90.3 cm³/mol. The summed E-state index contributed by atoms with van der Waals surface area (Å²) in [7, 11) is 0. The summed E-state index contributed by atoms with van der Waals surface area (Å²) in [6.07, 6.45) is -0.0731. The third-order valence-corrected chi connectivity index (χ3v) is 4.17. The molecular weight excluding hydrogens is 344 g/mol. The smallest absolute Gasteiger partial charge is 0.304 e. The van der Waals surface area contributed by atoms with Crippen LogP contribution in [0.15, 0.2) is 42.5 Å². The van der Waals surface area contributed by atoms with Gasteiger partial charge in [0, 0.05) is 25.7 Å². The zero-order valence-electron chi connectivity index (χ0n) is 14.0. The number of benzene rings is 2. The maximum Gasteiger partial charge on any atom is 0.304 e. The maximum atomic E-state index is 13.6. The molecule has 1 atom stereocenters. The zero-order valence-corrected chi connectivity index (χ0v) is 14.0. The second-order valence-electron chi connectivity index (χ2n) is 6.05. The topological polar surface area (TPSA) is 59.0 Å². The lowest BCUT2D eigenvalue weighted by Gasteiger charge is -2.32. The fourth-order valence-corrected chi connectivity index (χ4v) is 2.79. The average molecular weight is 363 g/mol. The SMILES string of the molecule is O=C(O)CCN1CCOC(c2ccc(Oc3cc(F)ccc3F)cc2)C1. The van der Waals surface area contributed by atoms with Crippen molar-refractivity contribution < 1.29 is 28.2 Å². The number of morpholine rings is 1. The van der Waals surface area contributed by atoms with Gasteiger partial charge in [-0.25, -0.2) is 8.78 Å². The Morgan fingerprint density at radius 2 is 2.00 bits per heavy atom. The summed E-state index contributed by atoms with van der Waals surface area (Å²) in [4.78, 5) is 12.8. The third-order valence-electron chi connectivity index (χ3n) is 4.17. The van der Waals surface area contributed by atoms with Crippen LogP contribution in [0.5, 0.6) is 11.5 Å². The van der Waals surface area contributed by atoms with Crippen molar-refractivity contribution in [1.29, 1.82) is 0 Å². The molecule has 0 radical (unpaired) electrons. The second-order valence-corrected chi connectivity index (χ2v) is 6.05. The third kappa shape index (κ3) is 4.77. The number of hydrogen-bond donors (Lipinski definition) is 1. The van der Waals surface area contributed by atoms with Crippen LogP contribution in [0, 0.1) is 11.6 Å². The van der Waals surface area contributed by atoms with E-state index >= 15 is 0 Å². The van der Waals surface area contributed by atoms with E-state index in [4.69, 9.17) is 14.6 Å². The molecule has 1 saturated heterocycles. The first-order valence-electron chi connectivity index (χ1n) is 8.30. The van der Waals surface area contributed by atoms with Crippen LogP contribution in [0.2, 0.25) is 0 Å². The molecule has 0 spiro atoms. The molecule has 1 heterocycles. The standard InChI is InChI=1S/C19H19F2NO4/c20-14-3-6-16(21)17(11-14)26-15-4-1-13(2-5-15)18-12-22(9-10-25-18)8-7-19(23)24/h1-6,11,18H,7-10,12H2,(H,23,24). The summed E-state index contributed by atoms with van der Waals surface area (Å²) >= 11 is 0. The molecule has 5 nitrogen and oxygen atoms in total. The minimum absolute atomic E-state index is 0.0959. The van der Waals surface area contributed by atoms with Crippen molar-refractivity contribution in [2.75, 3.05) is 26.2 Å². The molecule has 3 rings (SSSR count). The van der Waals surface area contributed by atoms with Gasteiger partial charge in [-0.15, -0.1) is 0 Å². The Morgan fingerprint density at radius 3 is 2.73 bits per heavy atom. The van der Waals surface area contributed by atoms with E-state index in [9.17, 15) is 13.6 Å². The quantitative estimate of drug-likeness (QED) is 0.850. The van der Waals surface area contributed by atoms with Crippen LogP contribution in [0.1, 0.15) is 18.1 Å². The molecule has 1 N–H and O–H groups in total. The van der Waals surface area contributed by atoms with E-state index in [1.807, 2.05) is 0 Å². The Kier molecular flexibility index (Phi) is 5.80. The predicted octanol–water partition coefficient (Wildman–Crippen LogP) is 3.61. The lowest BCUT2D eigenvalue weighted by Crippen LogP contribution is -2.39. The number of hydrogen-bond acceptors (Lipinski definition) is 4. The number of nitrogens with zero attached hydrogens (tertiary/aromatic N) is 1. The molecule has 1 aliphatic heterocycles. The van der Waals surface area contributed by atoms with Gasteiger partial charge in [-0.2, -0.15) is 0 Å². The Morgan fingerprint density at radius 1 is 1.23 bits per heavy atom. The molecule has 1 unspecified atom stereocenters. The number of carboxylic acid groups (broad SMARTS) is 1. The minimum Gasteiger partial charge on any atom is -0.481 e. The molecule has 1 aliphatic rings. The van der Waals surface area contributed by atoms with Gasteiger partial charge in [0.05, 0.1) is 19.1 Å². The number of aliphatic carboxylic acids is 1. The molecule has 2 aromatic carbocycles. The first kappa shape index (κ1) is 18.3. The van der Waals surface area contributed by atoms with E-state index < -0.39 is 17.6 Å². The van der Waals surface area contributed by atoms with Crippen LogP contribution < -0.4 is 4.74 Å².